The first-order chi connectivity index (χ1) is 9.78. The maximum absolute atomic E-state index is 12.3. The lowest BCUT2D eigenvalue weighted by Gasteiger charge is -2.30. The first-order valence-corrected chi connectivity index (χ1v) is 6.78. The van der Waals surface area contributed by atoms with E-state index in [9.17, 15) is 14.4 Å². The number of carbonyl (C=O) groups is 3. The molecule has 3 amide bonds. The van der Waals surface area contributed by atoms with Crippen molar-refractivity contribution in [2.45, 2.75) is 32.7 Å². The molecule has 0 bridgehead atoms. The third-order valence-corrected chi connectivity index (χ3v) is 2.99. The van der Waals surface area contributed by atoms with Gasteiger partial charge in [0.05, 0.1) is 6.54 Å². The second kappa shape index (κ2) is 7.03. The van der Waals surface area contributed by atoms with Crippen LogP contribution >= 0.6 is 0 Å². The molecule has 1 aromatic rings. The molecule has 5 N–H and O–H groups in total. The van der Waals surface area contributed by atoms with Crippen LogP contribution in [-0.4, -0.2) is 34.8 Å². The molecule has 1 heterocycles. The van der Waals surface area contributed by atoms with Crippen molar-refractivity contribution in [3.8, 4) is 0 Å². The Bertz CT molecular complexity index is 510. The van der Waals surface area contributed by atoms with Gasteiger partial charge in [-0.3, -0.25) is 19.7 Å². The van der Waals surface area contributed by atoms with Crippen LogP contribution in [0, 0.1) is 5.92 Å². The first-order valence-electron chi connectivity index (χ1n) is 6.78. The van der Waals surface area contributed by atoms with Crippen molar-refractivity contribution in [1.29, 1.82) is 0 Å². The average Bonchev–Trinajstić information content (AvgIpc) is 2.91. The van der Waals surface area contributed by atoms with Crippen LogP contribution in [0.2, 0.25) is 0 Å². The number of nitrogens with one attached hydrogen (secondary N) is 3. The second-order valence-electron chi connectivity index (χ2n) is 5.55. The molecule has 0 aliphatic carbocycles. The molecule has 0 aromatic carbocycles. The molecule has 0 spiro atoms. The van der Waals surface area contributed by atoms with Gasteiger partial charge in [-0.25, -0.2) is 0 Å². The van der Waals surface area contributed by atoms with Crippen LogP contribution in [0.25, 0.3) is 0 Å². The smallest absolute Gasteiger partial charge is 0.268 e. The van der Waals surface area contributed by atoms with Gasteiger partial charge in [-0.2, -0.15) is 0 Å². The summed E-state index contributed by atoms with van der Waals surface area (Å²) in [6.45, 7) is 5.16. The summed E-state index contributed by atoms with van der Waals surface area (Å²) in [5.41, 5.74) is 4.34. The van der Waals surface area contributed by atoms with E-state index in [4.69, 9.17) is 5.73 Å². The Morgan fingerprint density at radius 2 is 2.05 bits per heavy atom. The van der Waals surface area contributed by atoms with Gasteiger partial charge >= 0.3 is 0 Å². The minimum atomic E-state index is -1.19. The van der Waals surface area contributed by atoms with Crippen LogP contribution in [-0.2, 0) is 9.59 Å². The highest BCUT2D eigenvalue weighted by atomic mass is 16.2. The van der Waals surface area contributed by atoms with Gasteiger partial charge in [0.15, 0.2) is 0 Å². The monoisotopic (exact) mass is 294 g/mol. The second-order valence-corrected chi connectivity index (χ2v) is 5.55. The number of rotatable bonds is 6. The molecule has 0 fully saturated rings. The summed E-state index contributed by atoms with van der Waals surface area (Å²) in [6.07, 6.45) is 2.01. The highest BCUT2D eigenvalue weighted by molar-refractivity contribution is 6.03. The highest BCUT2D eigenvalue weighted by Crippen LogP contribution is 2.17. The summed E-state index contributed by atoms with van der Waals surface area (Å²) in [4.78, 5) is 38.5. The van der Waals surface area contributed by atoms with E-state index in [1.54, 1.807) is 25.3 Å². The number of imide groups is 1. The Hall–Kier alpha value is -2.15. The number of hydrogen-bond donors (Lipinski definition) is 4. The predicted molar refractivity (Wildman–Crippen MR) is 78.3 cm³/mol. The predicted octanol–water partition coefficient (Wildman–Crippen LogP) is 0.151. The molecule has 0 aliphatic heterocycles. The third-order valence-electron chi connectivity index (χ3n) is 2.99. The van der Waals surface area contributed by atoms with E-state index in [2.05, 4.69) is 15.6 Å². The van der Waals surface area contributed by atoms with Crippen molar-refractivity contribution in [3.63, 3.8) is 0 Å². The normalized spacial score (nSPS) is 13.6. The molecule has 116 valence electrons. The van der Waals surface area contributed by atoms with Gasteiger partial charge in [-0.05, 0) is 31.4 Å². The molecule has 1 atom stereocenters. The van der Waals surface area contributed by atoms with E-state index in [0.717, 1.165) is 0 Å². The van der Waals surface area contributed by atoms with Crippen molar-refractivity contribution >= 4 is 17.7 Å². The molecule has 21 heavy (non-hydrogen) atoms. The SMILES string of the molecule is CC(C)C[C@@](C)(NC(=O)c1ccc[nH]1)C(=O)NC(=O)CN. The summed E-state index contributed by atoms with van der Waals surface area (Å²) in [5.74, 6) is -1.40. The Labute approximate surface area is 123 Å². The largest absolute Gasteiger partial charge is 0.357 e. The summed E-state index contributed by atoms with van der Waals surface area (Å²) in [6, 6.07) is 3.29. The molecular formula is C14H22N4O3. The maximum Gasteiger partial charge on any atom is 0.268 e. The third kappa shape index (κ3) is 4.71. The van der Waals surface area contributed by atoms with Gasteiger partial charge in [0.2, 0.25) is 5.91 Å². The number of nitrogens with two attached hydrogens (primary N) is 1. The fourth-order valence-electron chi connectivity index (χ4n) is 2.12. The Balaban J connectivity index is 2.89. The molecular weight excluding hydrogens is 272 g/mol. The van der Waals surface area contributed by atoms with Gasteiger partial charge in [0, 0.05) is 6.20 Å². The Morgan fingerprint density at radius 3 is 2.52 bits per heavy atom. The van der Waals surface area contributed by atoms with Crippen LogP contribution in [0.15, 0.2) is 18.3 Å². The maximum atomic E-state index is 12.3. The van der Waals surface area contributed by atoms with E-state index in [0.29, 0.717) is 12.1 Å². The molecule has 0 saturated carbocycles. The molecule has 1 aromatic heterocycles. The minimum absolute atomic E-state index is 0.151. The van der Waals surface area contributed by atoms with Crippen molar-refractivity contribution < 1.29 is 14.4 Å². The molecule has 0 unspecified atom stereocenters. The molecule has 7 heteroatoms. The van der Waals surface area contributed by atoms with E-state index < -0.39 is 23.3 Å². The van der Waals surface area contributed by atoms with Crippen LogP contribution in [0.1, 0.15) is 37.7 Å². The van der Waals surface area contributed by atoms with Crippen LogP contribution < -0.4 is 16.4 Å². The van der Waals surface area contributed by atoms with E-state index in [-0.39, 0.29) is 12.5 Å². The zero-order valence-corrected chi connectivity index (χ0v) is 12.5. The lowest BCUT2D eigenvalue weighted by molar-refractivity contribution is -0.133. The van der Waals surface area contributed by atoms with Crippen molar-refractivity contribution in [2.75, 3.05) is 6.54 Å². The molecule has 7 nitrogen and oxygen atoms in total. The summed E-state index contributed by atoms with van der Waals surface area (Å²) in [5, 5.41) is 4.88. The van der Waals surface area contributed by atoms with E-state index in [1.165, 1.54) is 0 Å². The number of aromatic nitrogens is 1. The van der Waals surface area contributed by atoms with Crippen molar-refractivity contribution in [1.82, 2.24) is 15.6 Å². The fourth-order valence-corrected chi connectivity index (χ4v) is 2.12. The molecule has 1 rings (SSSR count). The Morgan fingerprint density at radius 1 is 1.38 bits per heavy atom. The zero-order valence-electron chi connectivity index (χ0n) is 12.5. The van der Waals surface area contributed by atoms with Gasteiger partial charge < -0.3 is 16.0 Å². The molecule has 0 radical (unpaired) electrons. The summed E-state index contributed by atoms with van der Waals surface area (Å²) >= 11 is 0. The van der Waals surface area contributed by atoms with Gasteiger partial charge in [-0.15, -0.1) is 0 Å². The van der Waals surface area contributed by atoms with Crippen LogP contribution in [0.4, 0.5) is 0 Å². The number of aromatic amines is 1. The van der Waals surface area contributed by atoms with E-state index >= 15 is 0 Å². The lowest BCUT2D eigenvalue weighted by atomic mass is 9.89. The minimum Gasteiger partial charge on any atom is -0.357 e. The van der Waals surface area contributed by atoms with Crippen molar-refractivity contribution in [2.24, 2.45) is 11.7 Å². The summed E-state index contributed by atoms with van der Waals surface area (Å²) < 4.78 is 0. The van der Waals surface area contributed by atoms with Crippen LogP contribution in [0.5, 0.6) is 0 Å². The number of carbonyl (C=O) groups excluding carboxylic acids is 3. The van der Waals surface area contributed by atoms with Gasteiger partial charge in [0.25, 0.3) is 11.8 Å². The standard InChI is InChI=1S/C14H22N4O3/c1-9(2)7-14(3,13(21)17-11(19)8-15)18-12(20)10-5-4-6-16-10/h4-6,9,16H,7-8,15H2,1-3H3,(H,18,20)(H,17,19,21)/t14-/m1/s1. The van der Waals surface area contributed by atoms with Crippen LogP contribution in [0.3, 0.4) is 0 Å². The number of amides is 3. The zero-order chi connectivity index (χ0) is 16.0. The quantitative estimate of drug-likeness (QED) is 0.597. The molecule has 0 saturated heterocycles. The average molecular weight is 294 g/mol. The van der Waals surface area contributed by atoms with Gasteiger partial charge in [-0.1, -0.05) is 13.8 Å². The first kappa shape index (κ1) is 16.9. The van der Waals surface area contributed by atoms with Gasteiger partial charge in [0.1, 0.15) is 11.2 Å². The topological polar surface area (TPSA) is 117 Å². The summed E-state index contributed by atoms with van der Waals surface area (Å²) in [7, 11) is 0. The highest BCUT2D eigenvalue weighted by Gasteiger charge is 2.36. The van der Waals surface area contributed by atoms with Crippen molar-refractivity contribution in [3.05, 3.63) is 24.0 Å². The Kier molecular flexibility index (Phi) is 5.66. The molecule has 0 aliphatic rings. The number of H-pyrrole nitrogens is 1. The fraction of sp³-hybridized carbons (Fsp3) is 0.500. The number of hydrogen-bond acceptors (Lipinski definition) is 4. The lowest BCUT2D eigenvalue weighted by Crippen LogP contribution is -2.59. The van der Waals surface area contributed by atoms with E-state index in [1.807, 2.05) is 13.8 Å².